The minimum atomic E-state index is -0.330. The van der Waals surface area contributed by atoms with Gasteiger partial charge in [-0.25, -0.2) is 5.43 Å². The lowest BCUT2D eigenvalue weighted by Gasteiger charge is -2.07. The van der Waals surface area contributed by atoms with Gasteiger partial charge in [-0.3, -0.25) is 9.48 Å². The number of aryl methyl sites for hydroxylation is 2. The molecule has 3 aromatic rings. The maximum absolute atomic E-state index is 12.3. The standard InChI is InChI=1S/C19H18N4O/c1-14-13-17(22-23(14)2)19(24)21-20-18(15-9-5-3-6-10-15)16-11-7-4-8-12-16/h3-13H,1-2H3,(H,21,24). The van der Waals surface area contributed by atoms with Crippen LogP contribution in [0, 0.1) is 6.92 Å². The Balaban J connectivity index is 1.91. The zero-order valence-corrected chi connectivity index (χ0v) is 13.6. The van der Waals surface area contributed by atoms with Crippen LogP contribution in [0.3, 0.4) is 0 Å². The van der Waals surface area contributed by atoms with Crippen LogP contribution < -0.4 is 5.43 Å². The van der Waals surface area contributed by atoms with Gasteiger partial charge in [-0.15, -0.1) is 0 Å². The molecule has 1 aromatic heterocycles. The van der Waals surface area contributed by atoms with Gasteiger partial charge in [0.25, 0.3) is 5.91 Å². The van der Waals surface area contributed by atoms with Crippen molar-refractivity contribution < 1.29 is 4.79 Å². The van der Waals surface area contributed by atoms with E-state index in [1.165, 1.54) is 0 Å². The fraction of sp³-hybridized carbons (Fsp3) is 0.105. The Morgan fingerprint density at radius 1 is 1.00 bits per heavy atom. The lowest BCUT2D eigenvalue weighted by atomic mass is 10.0. The van der Waals surface area contributed by atoms with E-state index in [2.05, 4.69) is 15.6 Å². The third-order valence-electron chi connectivity index (χ3n) is 3.71. The van der Waals surface area contributed by atoms with Gasteiger partial charge in [0.1, 0.15) is 0 Å². The molecule has 0 aliphatic carbocycles. The average molecular weight is 318 g/mol. The van der Waals surface area contributed by atoms with E-state index in [0.717, 1.165) is 16.8 Å². The molecule has 0 atom stereocenters. The zero-order valence-electron chi connectivity index (χ0n) is 13.6. The van der Waals surface area contributed by atoms with Crippen LogP contribution in [0.5, 0.6) is 0 Å². The molecule has 0 saturated heterocycles. The van der Waals surface area contributed by atoms with Crippen molar-refractivity contribution in [2.75, 3.05) is 0 Å². The molecule has 0 spiro atoms. The highest BCUT2D eigenvalue weighted by Gasteiger charge is 2.12. The van der Waals surface area contributed by atoms with Crippen molar-refractivity contribution in [3.63, 3.8) is 0 Å². The first kappa shape index (κ1) is 15.7. The predicted molar refractivity (Wildman–Crippen MR) is 93.9 cm³/mol. The second-order valence-corrected chi connectivity index (χ2v) is 5.43. The molecule has 0 aliphatic rings. The van der Waals surface area contributed by atoms with Gasteiger partial charge in [-0.2, -0.15) is 10.2 Å². The first-order chi connectivity index (χ1) is 11.6. The normalized spacial score (nSPS) is 10.2. The van der Waals surface area contributed by atoms with Gasteiger partial charge in [0, 0.05) is 23.9 Å². The predicted octanol–water partition coefficient (Wildman–Crippen LogP) is 2.91. The van der Waals surface area contributed by atoms with Crippen LogP contribution in [0.15, 0.2) is 71.8 Å². The molecule has 0 saturated carbocycles. The quantitative estimate of drug-likeness (QED) is 0.594. The Morgan fingerprint density at radius 2 is 1.54 bits per heavy atom. The van der Waals surface area contributed by atoms with Gasteiger partial charge in [0.05, 0.1) is 5.71 Å². The molecule has 3 rings (SSSR count). The summed E-state index contributed by atoms with van der Waals surface area (Å²) in [6.07, 6.45) is 0. The zero-order chi connectivity index (χ0) is 16.9. The van der Waals surface area contributed by atoms with Gasteiger partial charge in [0.15, 0.2) is 5.69 Å². The summed E-state index contributed by atoms with van der Waals surface area (Å²) < 4.78 is 1.66. The lowest BCUT2D eigenvalue weighted by molar-refractivity contribution is 0.0949. The molecular formula is C19H18N4O. The van der Waals surface area contributed by atoms with Crippen LogP contribution in [-0.4, -0.2) is 21.4 Å². The van der Waals surface area contributed by atoms with Crippen LogP contribution in [0.25, 0.3) is 0 Å². The smallest absolute Gasteiger partial charge is 0.272 e. The Morgan fingerprint density at radius 3 is 2.00 bits per heavy atom. The Hall–Kier alpha value is -3.21. The van der Waals surface area contributed by atoms with E-state index in [9.17, 15) is 4.79 Å². The minimum Gasteiger partial charge on any atom is -0.272 e. The Kier molecular flexibility index (Phi) is 4.52. The summed E-state index contributed by atoms with van der Waals surface area (Å²) in [5.74, 6) is -0.330. The molecule has 1 amide bonds. The number of nitrogens with zero attached hydrogens (tertiary/aromatic N) is 3. The van der Waals surface area contributed by atoms with E-state index in [0.29, 0.717) is 11.4 Å². The molecule has 5 heteroatoms. The lowest BCUT2D eigenvalue weighted by Crippen LogP contribution is -2.21. The molecule has 24 heavy (non-hydrogen) atoms. The van der Waals surface area contributed by atoms with Crippen LogP contribution in [0.4, 0.5) is 0 Å². The number of benzene rings is 2. The molecule has 1 heterocycles. The number of hydrogen-bond donors (Lipinski definition) is 1. The fourth-order valence-corrected chi connectivity index (χ4v) is 2.32. The van der Waals surface area contributed by atoms with Crippen molar-refractivity contribution in [2.45, 2.75) is 6.92 Å². The van der Waals surface area contributed by atoms with Crippen LogP contribution in [-0.2, 0) is 7.05 Å². The number of hydrogen-bond acceptors (Lipinski definition) is 3. The van der Waals surface area contributed by atoms with Crippen molar-refractivity contribution in [3.05, 3.63) is 89.2 Å². The van der Waals surface area contributed by atoms with Gasteiger partial charge >= 0.3 is 0 Å². The van der Waals surface area contributed by atoms with Crippen molar-refractivity contribution in [1.29, 1.82) is 0 Å². The highest BCUT2D eigenvalue weighted by molar-refractivity contribution is 6.13. The van der Waals surface area contributed by atoms with Gasteiger partial charge in [-0.05, 0) is 13.0 Å². The van der Waals surface area contributed by atoms with Gasteiger partial charge in [0.2, 0.25) is 0 Å². The number of carbonyl (C=O) groups excluding carboxylic acids is 1. The van der Waals surface area contributed by atoms with Gasteiger partial charge < -0.3 is 0 Å². The maximum Gasteiger partial charge on any atom is 0.291 e. The molecule has 120 valence electrons. The van der Waals surface area contributed by atoms with Crippen LogP contribution in [0.2, 0.25) is 0 Å². The van der Waals surface area contributed by atoms with E-state index < -0.39 is 0 Å². The molecule has 2 aromatic carbocycles. The molecule has 0 radical (unpaired) electrons. The summed E-state index contributed by atoms with van der Waals surface area (Å²) in [6, 6.07) is 21.2. The first-order valence-electron chi connectivity index (χ1n) is 7.64. The molecule has 0 fully saturated rings. The third kappa shape index (κ3) is 3.41. The summed E-state index contributed by atoms with van der Waals surface area (Å²) in [5.41, 5.74) is 6.44. The molecule has 0 aliphatic heterocycles. The van der Waals surface area contributed by atoms with Crippen LogP contribution >= 0.6 is 0 Å². The summed E-state index contributed by atoms with van der Waals surface area (Å²) in [6.45, 7) is 1.90. The van der Waals surface area contributed by atoms with E-state index in [4.69, 9.17) is 0 Å². The summed E-state index contributed by atoms with van der Waals surface area (Å²) in [5, 5.41) is 8.52. The number of rotatable bonds is 4. The monoisotopic (exact) mass is 318 g/mol. The number of amides is 1. The molecule has 5 nitrogen and oxygen atoms in total. The second-order valence-electron chi connectivity index (χ2n) is 5.43. The van der Waals surface area contributed by atoms with Crippen LogP contribution in [0.1, 0.15) is 27.3 Å². The summed E-state index contributed by atoms with van der Waals surface area (Å²) in [7, 11) is 1.80. The molecule has 0 bridgehead atoms. The number of nitrogens with one attached hydrogen (secondary N) is 1. The van der Waals surface area contributed by atoms with Crippen molar-refractivity contribution in [1.82, 2.24) is 15.2 Å². The minimum absolute atomic E-state index is 0.330. The molecule has 0 unspecified atom stereocenters. The maximum atomic E-state index is 12.3. The SMILES string of the molecule is Cc1cc(C(=O)NN=C(c2ccccc2)c2ccccc2)nn1C. The Labute approximate surface area is 140 Å². The van der Waals surface area contributed by atoms with Crippen molar-refractivity contribution in [2.24, 2.45) is 12.1 Å². The van der Waals surface area contributed by atoms with E-state index >= 15 is 0 Å². The highest BCUT2D eigenvalue weighted by Crippen LogP contribution is 2.10. The second kappa shape index (κ2) is 6.91. The summed E-state index contributed by atoms with van der Waals surface area (Å²) in [4.78, 5) is 12.3. The highest BCUT2D eigenvalue weighted by atomic mass is 16.2. The largest absolute Gasteiger partial charge is 0.291 e. The van der Waals surface area contributed by atoms with Gasteiger partial charge in [-0.1, -0.05) is 60.7 Å². The fourth-order valence-electron chi connectivity index (χ4n) is 2.32. The van der Waals surface area contributed by atoms with E-state index in [1.807, 2.05) is 67.6 Å². The van der Waals surface area contributed by atoms with E-state index in [-0.39, 0.29) is 5.91 Å². The third-order valence-corrected chi connectivity index (χ3v) is 3.71. The molecule has 1 N–H and O–H groups in total. The average Bonchev–Trinajstić information content (AvgIpc) is 2.96. The Bertz CT molecular complexity index is 806. The number of hydrazone groups is 1. The van der Waals surface area contributed by atoms with Crippen molar-refractivity contribution >= 4 is 11.6 Å². The molecular weight excluding hydrogens is 300 g/mol. The number of carbonyl (C=O) groups is 1. The first-order valence-corrected chi connectivity index (χ1v) is 7.64. The van der Waals surface area contributed by atoms with E-state index in [1.54, 1.807) is 17.8 Å². The number of aromatic nitrogens is 2. The summed E-state index contributed by atoms with van der Waals surface area (Å²) >= 11 is 0. The van der Waals surface area contributed by atoms with Crippen molar-refractivity contribution in [3.8, 4) is 0 Å². The topological polar surface area (TPSA) is 59.3 Å².